The van der Waals surface area contributed by atoms with E-state index < -0.39 is 17.3 Å². The van der Waals surface area contributed by atoms with E-state index in [1.165, 1.54) is 5.56 Å². The van der Waals surface area contributed by atoms with Crippen molar-refractivity contribution in [1.29, 1.82) is 0 Å². The number of nitrogens with zero attached hydrogens (tertiary/aromatic N) is 1. The molecule has 2 fully saturated rings. The fraction of sp³-hybridized carbons (Fsp3) is 0.650. The lowest BCUT2D eigenvalue weighted by Crippen LogP contribution is -2.64. The first-order valence-corrected chi connectivity index (χ1v) is 9.26. The van der Waals surface area contributed by atoms with Crippen molar-refractivity contribution in [2.24, 2.45) is 0 Å². The van der Waals surface area contributed by atoms with E-state index in [0.29, 0.717) is 44.7 Å². The molecule has 2 saturated heterocycles. The summed E-state index contributed by atoms with van der Waals surface area (Å²) in [6.07, 6.45) is 0.509. The van der Waals surface area contributed by atoms with Crippen molar-refractivity contribution in [2.45, 2.75) is 57.3 Å². The van der Waals surface area contributed by atoms with E-state index >= 15 is 0 Å². The number of benzene rings is 1. The molecule has 1 amide bonds. The zero-order valence-corrected chi connectivity index (χ0v) is 15.8. The highest BCUT2D eigenvalue weighted by molar-refractivity contribution is 5.77. The SMILES string of the molecule is Cc1ccc(OCC(=O)N2CCC3(CC2)OCC[C@@](C)(O)[C@@H]3O)cc1C. The third-order valence-electron chi connectivity index (χ3n) is 5.89. The number of carbonyl (C=O) groups is 1. The predicted molar refractivity (Wildman–Crippen MR) is 97.2 cm³/mol. The number of amides is 1. The number of aryl methyl sites for hydroxylation is 2. The molecule has 1 spiro atoms. The first-order chi connectivity index (χ1) is 12.2. The first kappa shape index (κ1) is 19.1. The Balaban J connectivity index is 1.54. The Morgan fingerprint density at radius 3 is 2.62 bits per heavy atom. The van der Waals surface area contributed by atoms with Crippen LogP contribution in [0.25, 0.3) is 0 Å². The second-order valence-corrected chi connectivity index (χ2v) is 7.84. The van der Waals surface area contributed by atoms with Gasteiger partial charge in [-0.3, -0.25) is 4.79 Å². The van der Waals surface area contributed by atoms with Gasteiger partial charge in [-0.05, 0) is 56.9 Å². The average molecular weight is 363 g/mol. The normalized spacial score (nSPS) is 28.2. The van der Waals surface area contributed by atoms with Crippen LogP contribution in [0.3, 0.4) is 0 Å². The van der Waals surface area contributed by atoms with Crippen LogP contribution >= 0.6 is 0 Å². The smallest absolute Gasteiger partial charge is 0.260 e. The van der Waals surface area contributed by atoms with E-state index in [4.69, 9.17) is 9.47 Å². The Morgan fingerprint density at radius 1 is 1.27 bits per heavy atom. The van der Waals surface area contributed by atoms with Crippen molar-refractivity contribution in [1.82, 2.24) is 4.90 Å². The van der Waals surface area contributed by atoms with Crippen molar-refractivity contribution in [3.05, 3.63) is 29.3 Å². The fourth-order valence-electron chi connectivity index (χ4n) is 3.84. The molecule has 144 valence electrons. The van der Waals surface area contributed by atoms with Crippen LogP contribution in [0.5, 0.6) is 5.75 Å². The van der Waals surface area contributed by atoms with Crippen molar-refractivity contribution in [3.63, 3.8) is 0 Å². The summed E-state index contributed by atoms with van der Waals surface area (Å²) in [5, 5.41) is 20.9. The molecule has 26 heavy (non-hydrogen) atoms. The number of hydrogen-bond donors (Lipinski definition) is 2. The standard InChI is InChI=1S/C20H29NO5/c1-14-4-5-16(12-15(14)2)25-13-17(22)21-9-6-20(7-10-21)18(23)19(3,24)8-11-26-20/h4-5,12,18,23-24H,6-11,13H2,1-3H3/t18-,19+/m0/s1. The molecule has 6 nitrogen and oxygen atoms in total. The van der Waals surface area contributed by atoms with Gasteiger partial charge in [-0.25, -0.2) is 0 Å². The molecule has 0 unspecified atom stereocenters. The molecule has 1 aromatic carbocycles. The molecule has 0 radical (unpaired) electrons. The summed E-state index contributed by atoms with van der Waals surface area (Å²) in [5.41, 5.74) is 0.418. The molecular formula is C20H29NO5. The Bertz CT molecular complexity index is 664. The fourth-order valence-corrected chi connectivity index (χ4v) is 3.84. The van der Waals surface area contributed by atoms with Gasteiger partial charge >= 0.3 is 0 Å². The van der Waals surface area contributed by atoms with Crippen LogP contribution in [-0.4, -0.2) is 64.6 Å². The third kappa shape index (κ3) is 3.72. The van der Waals surface area contributed by atoms with Gasteiger partial charge in [-0.2, -0.15) is 0 Å². The second-order valence-electron chi connectivity index (χ2n) is 7.84. The second kappa shape index (κ2) is 7.18. The highest BCUT2D eigenvalue weighted by atomic mass is 16.5. The molecule has 2 atom stereocenters. The van der Waals surface area contributed by atoms with Crippen LogP contribution in [0, 0.1) is 13.8 Å². The van der Waals surface area contributed by atoms with Gasteiger partial charge in [0, 0.05) is 19.5 Å². The minimum atomic E-state index is -1.14. The van der Waals surface area contributed by atoms with Crippen LogP contribution in [-0.2, 0) is 9.53 Å². The van der Waals surface area contributed by atoms with Gasteiger partial charge in [0.05, 0.1) is 12.2 Å². The summed E-state index contributed by atoms with van der Waals surface area (Å²) in [6.45, 7) is 7.09. The lowest BCUT2D eigenvalue weighted by Gasteiger charge is -2.51. The van der Waals surface area contributed by atoms with Crippen LogP contribution in [0.2, 0.25) is 0 Å². The quantitative estimate of drug-likeness (QED) is 0.852. The summed E-state index contributed by atoms with van der Waals surface area (Å²) in [6, 6.07) is 5.78. The number of aliphatic hydroxyl groups is 2. The number of likely N-dealkylation sites (tertiary alicyclic amines) is 1. The van der Waals surface area contributed by atoms with E-state index in [2.05, 4.69) is 0 Å². The minimum Gasteiger partial charge on any atom is -0.484 e. The maximum atomic E-state index is 12.5. The molecule has 0 aromatic heterocycles. The van der Waals surface area contributed by atoms with E-state index in [1.807, 2.05) is 32.0 Å². The van der Waals surface area contributed by atoms with Crippen molar-refractivity contribution < 1.29 is 24.5 Å². The van der Waals surface area contributed by atoms with E-state index in [9.17, 15) is 15.0 Å². The zero-order valence-electron chi connectivity index (χ0n) is 15.8. The molecule has 2 heterocycles. The number of piperidine rings is 1. The van der Waals surface area contributed by atoms with Gasteiger partial charge in [-0.15, -0.1) is 0 Å². The molecule has 6 heteroatoms. The highest BCUT2D eigenvalue weighted by Gasteiger charge is 2.52. The molecule has 0 saturated carbocycles. The Morgan fingerprint density at radius 2 is 1.96 bits per heavy atom. The molecule has 3 rings (SSSR count). The average Bonchev–Trinajstić information content (AvgIpc) is 2.61. The number of ether oxygens (including phenoxy) is 2. The van der Waals surface area contributed by atoms with Gasteiger partial charge in [0.25, 0.3) is 5.91 Å². The Hall–Kier alpha value is -1.63. The molecule has 2 aliphatic heterocycles. The number of hydrogen-bond acceptors (Lipinski definition) is 5. The largest absolute Gasteiger partial charge is 0.484 e. The predicted octanol–water partition coefficient (Wildman–Crippen LogP) is 1.58. The van der Waals surface area contributed by atoms with E-state index in [1.54, 1.807) is 11.8 Å². The van der Waals surface area contributed by atoms with E-state index in [-0.39, 0.29) is 12.5 Å². The monoisotopic (exact) mass is 363 g/mol. The molecule has 0 aliphatic carbocycles. The van der Waals surface area contributed by atoms with Crippen molar-refractivity contribution >= 4 is 5.91 Å². The molecule has 0 bridgehead atoms. The van der Waals surface area contributed by atoms with E-state index in [0.717, 1.165) is 5.56 Å². The Labute approximate surface area is 154 Å². The van der Waals surface area contributed by atoms with Gasteiger partial charge in [0.2, 0.25) is 0 Å². The van der Waals surface area contributed by atoms with Crippen molar-refractivity contribution in [2.75, 3.05) is 26.3 Å². The zero-order chi connectivity index (χ0) is 18.9. The van der Waals surface area contributed by atoms with Crippen LogP contribution < -0.4 is 4.74 Å². The lowest BCUT2D eigenvalue weighted by atomic mass is 9.75. The van der Waals surface area contributed by atoms with Gasteiger partial charge in [-0.1, -0.05) is 6.07 Å². The molecule has 2 N–H and O–H groups in total. The number of aliphatic hydroxyl groups excluding tert-OH is 1. The Kier molecular flexibility index (Phi) is 5.28. The maximum Gasteiger partial charge on any atom is 0.260 e. The summed E-state index contributed by atoms with van der Waals surface area (Å²) < 4.78 is 11.5. The number of rotatable bonds is 3. The third-order valence-corrected chi connectivity index (χ3v) is 5.89. The highest BCUT2D eigenvalue weighted by Crippen LogP contribution is 2.39. The van der Waals surface area contributed by atoms with Crippen LogP contribution in [0.4, 0.5) is 0 Å². The van der Waals surface area contributed by atoms with Crippen LogP contribution in [0.15, 0.2) is 18.2 Å². The first-order valence-electron chi connectivity index (χ1n) is 9.26. The van der Waals surface area contributed by atoms with Gasteiger partial charge < -0.3 is 24.6 Å². The molecule has 1 aromatic rings. The van der Waals surface area contributed by atoms with Crippen molar-refractivity contribution in [3.8, 4) is 5.75 Å². The summed E-state index contributed by atoms with van der Waals surface area (Å²) >= 11 is 0. The molecular weight excluding hydrogens is 334 g/mol. The van der Waals surface area contributed by atoms with Gasteiger partial charge in [0.15, 0.2) is 6.61 Å². The topological polar surface area (TPSA) is 79.2 Å². The minimum absolute atomic E-state index is 0.00335. The summed E-state index contributed by atoms with van der Waals surface area (Å²) in [4.78, 5) is 14.2. The van der Waals surface area contributed by atoms with Crippen LogP contribution in [0.1, 0.15) is 37.3 Å². The van der Waals surface area contributed by atoms with Gasteiger partial charge in [0.1, 0.15) is 17.5 Å². The lowest BCUT2D eigenvalue weighted by molar-refractivity contribution is -0.245. The summed E-state index contributed by atoms with van der Waals surface area (Å²) in [7, 11) is 0. The molecule has 2 aliphatic rings. The summed E-state index contributed by atoms with van der Waals surface area (Å²) in [5.74, 6) is 0.618. The number of carbonyl (C=O) groups excluding carboxylic acids is 1. The maximum absolute atomic E-state index is 12.5.